The summed E-state index contributed by atoms with van der Waals surface area (Å²) < 4.78 is 0. The fourth-order valence-corrected chi connectivity index (χ4v) is 4.30. The van der Waals surface area contributed by atoms with Gasteiger partial charge in [-0.3, -0.25) is 29.0 Å². The number of rotatable bonds is 2. The molecule has 0 unspecified atom stereocenters. The average Bonchev–Trinajstić information content (AvgIpc) is 2.88. The highest BCUT2D eigenvalue weighted by Crippen LogP contribution is 2.31. The van der Waals surface area contributed by atoms with E-state index in [9.17, 15) is 19.2 Å². The quantitative estimate of drug-likeness (QED) is 0.648. The third-order valence-corrected chi connectivity index (χ3v) is 6.05. The maximum absolute atomic E-state index is 13.4. The Kier molecular flexibility index (Phi) is 6.30. The van der Waals surface area contributed by atoms with Crippen LogP contribution in [0.15, 0.2) is 60.7 Å². The molecule has 0 saturated carbocycles. The summed E-state index contributed by atoms with van der Waals surface area (Å²) in [5.41, 5.74) is 2.28. The number of fused-ring (bicyclic) bond motifs is 2. The van der Waals surface area contributed by atoms with E-state index in [1.54, 1.807) is 48.5 Å². The standard InChI is InChI=1S/C26H26N2O4/c1-18-9-8-15-24(30)20-11-3-5-13-22(20)28(26(18)32)17-27-21-12-4-2-10-19(21)23(29)14-6-7-16-25(27)31/h2-5,10-13H,1,6-9,14-17H2. The molecule has 32 heavy (non-hydrogen) atoms. The predicted octanol–water partition coefficient (Wildman–Crippen LogP) is 4.69. The van der Waals surface area contributed by atoms with Crippen LogP contribution in [0.2, 0.25) is 0 Å². The molecule has 0 atom stereocenters. The molecule has 0 bridgehead atoms. The third kappa shape index (κ3) is 4.26. The van der Waals surface area contributed by atoms with Gasteiger partial charge in [0.1, 0.15) is 6.67 Å². The third-order valence-electron chi connectivity index (χ3n) is 6.05. The molecule has 0 aliphatic carbocycles. The highest BCUT2D eigenvalue weighted by Gasteiger charge is 2.31. The van der Waals surface area contributed by atoms with Crippen molar-refractivity contribution in [2.45, 2.75) is 44.9 Å². The van der Waals surface area contributed by atoms with Gasteiger partial charge in [-0.1, -0.05) is 30.8 Å². The van der Waals surface area contributed by atoms with Crippen molar-refractivity contribution in [1.29, 1.82) is 0 Å². The summed E-state index contributed by atoms with van der Waals surface area (Å²) in [6.45, 7) is 3.85. The first-order valence-electron chi connectivity index (χ1n) is 11.0. The van der Waals surface area contributed by atoms with Crippen LogP contribution in [0.4, 0.5) is 11.4 Å². The topological polar surface area (TPSA) is 74.8 Å². The van der Waals surface area contributed by atoms with Gasteiger partial charge in [-0.2, -0.15) is 0 Å². The minimum absolute atomic E-state index is 0.0175. The molecule has 164 valence electrons. The molecule has 2 aliphatic rings. The molecule has 0 aromatic heterocycles. The summed E-state index contributed by atoms with van der Waals surface area (Å²) in [6, 6.07) is 14.0. The first-order chi connectivity index (χ1) is 15.5. The van der Waals surface area contributed by atoms with Crippen LogP contribution in [0.25, 0.3) is 0 Å². The minimum atomic E-state index is -0.316. The molecule has 0 spiro atoms. The van der Waals surface area contributed by atoms with Crippen LogP contribution < -0.4 is 9.80 Å². The molecule has 2 amide bonds. The molecule has 6 heteroatoms. The molecule has 2 aromatic rings. The maximum Gasteiger partial charge on any atom is 0.255 e. The maximum atomic E-state index is 13.4. The zero-order chi connectivity index (χ0) is 22.7. The van der Waals surface area contributed by atoms with Crippen LogP contribution in [0.3, 0.4) is 0 Å². The van der Waals surface area contributed by atoms with Gasteiger partial charge >= 0.3 is 0 Å². The van der Waals surface area contributed by atoms with Gasteiger partial charge in [-0.25, -0.2) is 0 Å². The highest BCUT2D eigenvalue weighted by atomic mass is 16.2. The normalized spacial score (nSPS) is 18.1. The monoisotopic (exact) mass is 430 g/mol. The number of ketones is 2. The van der Waals surface area contributed by atoms with E-state index >= 15 is 0 Å². The second-order valence-electron chi connectivity index (χ2n) is 8.24. The van der Waals surface area contributed by atoms with Crippen molar-refractivity contribution in [3.8, 4) is 0 Å². The van der Waals surface area contributed by atoms with Crippen LogP contribution in [-0.2, 0) is 9.59 Å². The number of hydrogen-bond donors (Lipinski definition) is 0. The molecule has 2 aromatic carbocycles. The predicted molar refractivity (Wildman–Crippen MR) is 123 cm³/mol. The van der Waals surface area contributed by atoms with E-state index in [0.29, 0.717) is 66.6 Å². The second kappa shape index (κ2) is 9.30. The van der Waals surface area contributed by atoms with Gasteiger partial charge in [-0.05, 0) is 49.9 Å². The number of amides is 2. The van der Waals surface area contributed by atoms with E-state index < -0.39 is 0 Å². The Labute approximate surface area is 187 Å². The van der Waals surface area contributed by atoms with E-state index in [1.807, 2.05) is 0 Å². The number of para-hydroxylation sites is 2. The number of nitrogens with zero attached hydrogens (tertiary/aromatic N) is 2. The van der Waals surface area contributed by atoms with Crippen molar-refractivity contribution in [1.82, 2.24) is 0 Å². The molecular formula is C26H26N2O4. The van der Waals surface area contributed by atoms with E-state index in [4.69, 9.17) is 0 Å². The number of Topliss-reactive ketones (excluding diaryl/α,β-unsaturated/α-hetero) is 2. The van der Waals surface area contributed by atoms with Crippen LogP contribution >= 0.6 is 0 Å². The summed E-state index contributed by atoms with van der Waals surface area (Å²) in [4.78, 5) is 55.2. The molecule has 6 nitrogen and oxygen atoms in total. The Hall–Kier alpha value is -3.54. The van der Waals surface area contributed by atoms with Crippen molar-refractivity contribution in [2.75, 3.05) is 16.5 Å². The molecule has 4 rings (SSSR count). The fourth-order valence-electron chi connectivity index (χ4n) is 4.30. The summed E-state index contributed by atoms with van der Waals surface area (Å²) in [6.07, 6.45) is 3.20. The van der Waals surface area contributed by atoms with Crippen LogP contribution in [0.1, 0.15) is 65.7 Å². The van der Waals surface area contributed by atoms with Gasteiger partial charge in [0.2, 0.25) is 5.91 Å². The van der Waals surface area contributed by atoms with E-state index in [-0.39, 0.29) is 36.5 Å². The molecular weight excluding hydrogens is 404 g/mol. The first-order valence-corrected chi connectivity index (χ1v) is 11.0. The number of carbonyl (C=O) groups is 4. The zero-order valence-corrected chi connectivity index (χ0v) is 18.0. The van der Waals surface area contributed by atoms with Gasteiger partial charge in [0.15, 0.2) is 11.6 Å². The Morgan fingerprint density at radius 2 is 1.19 bits per heavy atom. The minimum Gasteiger partial charge on any atom is -0.294 e. The van der Waals surface area contributed by atoms with Gasteiger partial charge in [0.05, 0.1) is 11.4 Å². The smallest absolute Gasteiger partial charge is 0.255 e. The average molecular weight is 431 g/mol. The number of hydrogen-bond acceptors (Lipinski definition) is 4. The lowest BCUT2D eigenvalue weighted by molar-refractivity contribution is -0.118. The fraction of sp³-hybridized carbons (Fsp3) is 0.308. The van der Waals surface area contributed by atoms with Crippen LogP contribution in [-0.4, -0.2) is 30.0 Å². The molecule has 0 radical (unpaired) electrons. The Morgan fingerprint density at radius 3 is 1.84 bits per heavy atom. The van der Waals surface area contributed by atoms with Crippen LogP contribution in [0.5, 0.6) is 0 Å². The molecule has 2 aliphatic heterocycles. The summed E-state index contributed by atoms with van der Waals surface area (Å²) in [5, 5.41) is 0. The first kappa shape index (κ1) is 21.7. The van der Waals surface area contributed by atoms with Crippen molar-refractivity contribution >= 4 is 34.8 Å². The van der Waals surface area contributed by atoms with Gasteiger partial charge in [0.25, 0.3) is 5.91 Å². The van der Waals surface area contributed by atoms with E-state index in [0.717, 1.165) is 0 Å². The lowest BCUT2D eigenvalue weighted by Gasteiger charge is -2.32. The Morgan fingerprint density at radius 1 is 0.656 bits per heavy atom. The zero-order valence-electron chi connectivity index (χ0n) is 18.0. The van der Waals surface area contributed by atoms with Crippen molar-refractivity contribution in [2.24, 2.45) is 0 Å². The number of benzene rings is 2. The molecule has 0 saturated heterocycles. The van der Waals surface area contributed by atoms with Crippen LogP contribution in [0, 0.1) is 0 Å². The Balaban J connectivity index is 1.83. The second-order valence-corrected chi connectivity index (χ2v) is 8.24. The van der Waals surface area contributed by atoms with Crippen molar-refractivity contribution < 1.29 is 19.2 Å². The summed E-state index contributed by atoms with van der Waals surface area (Å²) in [7, 11) is 0. The van der Waals surface area contributed by atoms with Gasteiger partial charge in [-0.15, -0.1) is 0 Å². The summed E-state index contributed by atoms with van der Waals surface area (Å²) in [5.74, 6) is -0.534. The Bertz CT molecular complexity index is 1100. The molecule has 2 heterocycles. The highest BCUT2D eigenvalue weighted by molar-refractivity contribution is 6.12. The number of anilines is 2. The molecule has 0 N–H and O–H groups in total. The largest absolute Gasteiger partial charge is 0.294 e. The number of carbonyl (C=O) groups excluding carboxylic acids is 4. The SMILES string of the molecule is C=C1CCCC(=O)c2ccccc2N(CN2C(=O)CCCCC(=O)c3ccccc32)C1=O. The van der Waals surface area contributed by atoms with Gasteiger partial charge < -0.3 is 0 Å². The lowest BCUT2D eigenvalue weighted by Crippen LogP contribution is -2.46. The van der Waals surface area contributed by atoms with Gasteiger partial charge in [0, 0.05) is 36.0 Å². The van der Waals surface area contributed by atoms with E-state index in [2.05, 4.69) is 6.58 Å². The van der Waals surface area contributed by atoms with Crippen molar-refractivity contribution in [3.63, 3.8) is 0 Å². The summed E-state index contributed by atoms with van der Waals surface area (Å²) >= 11 is 0. The lowest BCUT2D eigenvalue weighted by atomic mass is 10.0. The van der Waals surface area contributed by atoms with Crippen molar-refractivity contribution in [3.05, 3.63) is 71.8 Å². The van der Waals surface area contributed by atoms with E-state index in [1.165, 1.54) is 9.80 Å². The molecule has 0 fully saturated rings.